The smallest absolute Gasteiger partial charge is 0.269 e. The van der Waals surface area contributed by atoms with Crippen molar-refractivity contribution in [1.82, 2.24) is 10.2 Å². The van der Waals surface area contributed by atoms with Crippen LogP contribution in [0, 0.1) is 10.1 Å². The average Bonchev–Trinajstić information content (AvgIpc) is 3.54. The molecule has 1 fully saturated rings. The van der Waals surface area contributed by atoms with Crippen molar-refractivity contribution in [2.24, 2.45) is 0 Å². The zero-order valence-corrected chi connectivity index (χ0v) is 23.4. The molecule has 0 saturated carbocycles. The molecule has 1 aromatic heterocycles. The molecule has 2 heterocycles. The van der Waals surface area contributed by atoms with Gasteiger partial charge in [0.25, 0.3) is 11.6 Å². The number of nitro groups is 1. The fraction of sp³-hybridized carbons (Fsp3) is 0.179. The minimum atomic E-state index is -0.441. The van der Waals surface area contributed by atoms with Crippen LogP contribution in [-0.2, 0) is 4.79 Å². The summed E-state index contributed by atoms with van der Waals surface area (Å²) in [4.78, 5) is 30.7. The third kappa shape index (κ3) is 5.50. The number of hydrogen-bond acceptors (Lipinski definition) is 9. The lowest BCUT2D eigenvalue weighted by molar-refractivity contribution is -0.384. The first-order valence-electron chi connectivity index (χ1n) is 12.1. The summed E-state index contributed by atoms with van der Waals surface area (Å²) < 4.78 is 0. The second-order valence-electron chi connectivity index (χ2n) is 9.32. The Morgan fingerprint density at radius 1 is 0.872 bits per heavy atom. The molecule has 1 amide bonds. The normalized spacial score (nSPS) is 16.1. The SMILES string of the molecule is CN(C)c1ccc(/C=C2\SC(c3ccc(N(C)C)cc3)N(c3nnc(-c4ccc([N+](=O)[O-])cc4)s3)C2=O)cc1. The third-order valence-corrected chi connectivity index (χ3v) is 8.47. The number of thioether (sulfide) groups is 1. The Hall–Kier alpha value is -4.22. The number of nitro benzene ring substituents is 1. The van der Waals surface area contributed by atoms with Crippen molar-refractivity contribution in [1.29, 1.82) is 0 Å². The van der Waals surface area contributed by atoms with E-state index in [1.165, 1.54) is 35.2 Å². The average molecular weight is 559 g/mol. The molecular weight excluding hydrogens is 532 g/mol. The van der Waals surface area contributed by atoms with E-state index >= 15 is 0 Å². The Labute approximate surface area is 234 Å². The molecule has 0 radical (unpaired) electrons. The van der Waals surface area contributed by atoms with Crippen LogP contribution >= 0.6 is 23.1 Å². The summed E-state index contributed by atoms with van der Waals surface area (Å²) in [6.07, 6.45) is 1.91. The van der Waals surface area contributed by atoms with Gasteiger partial charge in [-0.2, -0.15) is 0 Å². The van der Waals surface area contributed by atoms with Gasteiger partial charge in [0.15, 0.2) is 0 Å². The lowest BCUT2D eigenvalue weighted by Crippen LogP contribution is -2.27. The molecule has 0 spiro atoms. The number of amides is 1. The molecule has 0 bridgehead atoms. The molecule has 11 heteroatoms. The van der Waals surface area contributed by atoms with E-state index in [1.54, 1.807) is 17.0 Å². The van der Waals surface area contributed by atoms with Gasteiger partial charge in [-0.1, -0.05) is 47.4 Å². The van der Waals surface area contributed by atoms with Crippen LogP contribution in [0.5, 0.6) is 0 Å². The van der Waals surface area contributed by atoms with Crippen LogP contribution in [0.25, 0.3) is 16.6 Å². The number of benzene rings is 3. The summed E-state index contributed by atoms with van der Waals surface area (Å²) in [6, 6.07) is 22.3. The largest absolute Gasteiger partial charge is 0.378 e. The number of aromatic nitrogens is 2. The molecule has 9 nitrogen and oxygen atoms in total. The van der Waals surface area contributed by atoms with E-state index < -0.39 is 4.92 Å². The predicted molar refractivity (Wildman–Crippen MR) is 159 cm³/mol. The molecule has 5 rings (SSSR count). The van der Waals surface area contributed by atoms with E-state index in [0.29, 0.717) is 20.6 Å². The van der Waals surface area contributed by atoms with Gasteiger partial charge < -0.3 is 9.80 Å². The maximum Gasteiger partial charge on any atom is 0.269 e. The third-order valence-electron chi connectivity index (χ3n) is 6.25. The lowest BCUT2D eigenvalue weighted by atomic mass is 10.1. The predicted octanol–water partition coefficient (Wildman–Crippen LogP) is 6.07. The van der Waals surface area contributed by atoms with Crippen molar-refractivity contribution in [3.05, 3.63) is 98.9 Å². The van der Waals surface area contributed by atoms with Gasteiger partial charge in [-0.3, -0.25) is 19.8 Å². The standard InChI is InChI=1S/C28H26N6O3S2/c1-31(2)21-11-5-18(6-12-21)17-24-26(35)33(27(38-24)20-9-13-22(14-10-20)32(3)4)28-30-29-25(39-28)19-7-15-23(16-8-19)34(36)37/h5-17,27H,1-4H3/b24-17-. The molecule has 198 valence electrons. The summed E-state index contributed by atoms with van der Waals surface area (Å²) in [6.45, 7) is 0. The highest BCUT2D eigenvalue weighted by molar-refractivity contribution is 8.05. The van der Waals surface area contributed by atoms with E-state index in [9.17, 15) is 14.9 Å². The fourth-order valence-corrected chi connectivity index (χ4v) is 6.24. The van der Waals surface area contributed by atoms with Gasteiger partial charge >= 0.3 is 0 Å². The summed E-state index contributed by atoms with van der Waals surface area (Å²) in [5.41, 5.74) is 4.75. The van der Waals surface area contributed by atoms with E-state index in [1.807, 2.05) is 92.6 Å². The Morgan fingerprint density at radius 3 is 2.03 bits per heavy atom. The Bertz CT molecular complexity index is 1530. The fourth-order valence-electron chi connectivity index (χ4n) is 4.06. The van der Waals surface area contributed by atoms with Crippen LogP contribution < -0.4 is 14.7 Å². The van der Waals surface area contributed by atoms with Crippen LogP contribution in [0.4, 0.5) is 22.2 Å². The molecule has 39 heavy (non-hydrogen) atoms. The topological polar surface area (TPSA) is 95.7 Å². The molecular formula is C28H26N6O3S2. The number of carbonyl (C=O) groups excluding carboxylic acids is 1. The molecule has 1 atom stereocenters. The first-order chi connectivity index (χ1) is 18.7. The van der Waals surface area contributed by atoms with Crippen molar-refractivity contribution in [2.45, 2.75) is 5.37 Å². The summed E-state index contributed by atoms with van der Waals surface area (Å²) >= 11 is 2.76. The van der Waals surface area contributed by atoms with Crippen LogP contribution in [0.1, 0.15) is 16.5 Å². The number of nitrogens with zero attached hydrogens (tertiary/aromatic N) is 6. The maximum atomic E-state index is 13.8. The van der Waals surface area contributed by atoms with E-state index in [-0.39, 0.29) is 17.0 Å². The van der Waals surface area contributed by atoms with Gasteiger partial charge in [-0.05, 0) is 53.6 Å². The van der Waals surface area contributed by atoms with Gasteiger partial charge in [-0.15, -0.1) is 10.2 Å². The zero-order chi connectivity index (χ0) is 27.7. The van der Waals surface area contributed by atoms with Crippen LogP contribution in [0.3, 0.4) is 0 Å². The molecule has 1 aliphatic heterocycles. The summed E-state index contributed by atoms with van der Waals surface area (Å²) in [5.74, 6) is -0.148. The molecule has 3 aromatic carbocycles. The van der Waals surface area contributed by atoms with E-state index in [2.05, 4.69) is 10.2 Å². The lowest BCUT2D eigenvalue weighted by Gasteiger charge is -2.21. The highest BCUT2D eigenvalue weighted by Gasteiger charge is 2.40. The monoisotopic (exact) mass is 558 g/mol. The minimum Gasteiger partial charge on any atom is -0.378 e. The van der Waals surface area contributed by atoms with Crippen molar-refractivity contribution >= 4 is 57.3 Å². The summed E-state index contributed by atoms with van der Waals surface area (Å²) in [5, 5.41) is 20.4. The number of carbonyl (C=O) groups is 1. The van der Waals surface area contributed by atoms with Gasteiger partial charge in [0, 0.05) is 57.3 Å². The Morgan fingerprint density at radius 2 is 1.46 bits per heavy atom. The van der Waals surface area contributed by atoms with Crippen LogP contribution in [0.15, 0.2) is 77.7 Å². The summed E-state index contributed by atoms with van der Waals surface area (Å²) in [7, 11) is 7.94. The molecule has 0 aliphatic carbocycles. The van der Waals surface area contributed by atoms with Gasteiger partial charge in [0.1, 0.15) is 10.4 Å². The zero-order valence-electron chi connectivity index (χ0n) is 21.8. The molecule has 1 saturated heterocycles. The van der Waals surface area contributed by atoms with Crippen molar-refractivity contribution in [3.63, 3.8) is 0 Å². The first kappa shape index (κ1) is 26.4. The number of hydrogen-bond donors (Lipinski definition) is 0. The maximum absolute atomic E-state index is 13.8. The van der Waals surface area contributed by atoms with Crippen LogP contribution in [-0.4, -0.2) is 49.2 Å². The number of rotatable bonds is 7. The second-order valence-corrected chi connectivity index (χ2v) is 11.4. The number of anilines is 3. The highest BCUT2D eigenvalue weighted by atomic mass is 32.2. The van der Waals surface area contributed by atoms with Gasteiger partial charge in [0.05, 0.1) is 9.83 Å². The highest BCUT2D eigenvalue weighted by Crippen LogP contribution is 2.49. The Kier molecular flexibility index (Phi) is 7.36. The van der Waals surface area contributed by atoms with Gasteiger partial charge in [-0.25, -0.2) is 0 Å². The van der Waals surface area contributed by atoms with Crippen molar-refractivity contribution < 1.29 is 9.72 Å². The quantitative estimate of drug-likeness (QED) is 0.153. The minimum absolute atomic E-state index is 0.00392. The second kappa shape index (κ2) is 10.9. The van der Waals surface area contributed by atoms with E-state index in [0.717, 1.165) is 22.5 Å². The van der Waals surface area contributed by atoms with Crippen molar-refractivity contribution in [3.8, 4) is 10.6 Å². The molecule has 0 N–H and O–H groups in total. The van der Waals surface area contributed by atoms with E-state index in [4.69, 9.17) is 0 Å². The first-order valence-corrected chi connectivity index (χ1v) is 13.8. The molecule has 4 aromatic rings. The van der Waals surface area contributed by atoms with Gasteiger partial charge in [0.2, 0.25) is 5.13 Å². The van der Waals surface area contributed by atoms with Crippen LogP contribution in [0.2, 0.25) is 0 Å². The Balaban J connectivity index is 1.50. The van der Waals surface area contributed by atoms with Crippen molar-refractivity contribution in [2.75, 3.05) is 42.9 Å². The number of non-ortho nitro benzene ring substituents is 1. The molecule has 1 aliphatic rings. The molecule has 1 unspecified atom stereocenters.